The number of rotatable bonds is 4. The SMILES string of the molecule is Cc1nc(Cc2ccccc2)sc1C(=O)NNC(=O)c1cc(Br)c[nH]1. The number of aryl methyl sites for hydroxylation is 1. The van der Waals surface area contributed by atoms with Gasteiger partial charge < -0.3 is 4.98 Å². The normalized spacial score (nSPS) is 10.5. The second-order valence-corrected chi connectivity index (χ2v) is 7.32. The van der Waals surface area contributed by atoms with E-state index in [0.29, 0.717) is 22.7 Å². The number of halogens is 1. The number of hydrazine groups is 1. The molecule has 0 atom stereocenters. The first-order valence-corrected chi connectivity index (χ1v) is 9.08. The predicted molar refractivity (Wildman–Crippen MR) is 99.5 cm³/mol. The van der Waals surface area contributed by atoms with Crippen molar-refractivity contribution in [3.05, 3.63) is 73.9 Å². The molecule has 6 nitrogen and oxygen atoms in total. The molecule has 0 fully saturated rings. The smallest absolute Gasteiger partial charge is 0.286 e. The molecule has 3 aromatic rings. The minimum atomic E-state index is -0.425. The first-order valence-electron chi connectivity index (χ1n) is 7.48. The molecule has 0 aliphatic carbocycles. The van der Waals surface area contributed by atoms with E-state index in [1.54, 1.807) is 19.2 Å². The fourth-order valence-corrected chi connectivity index (χ4v) is 3.58. The molecule has 2 aromatic heterocycles. The molecular formula is C17H15BrN4O2S. The molecule has 0 aliphatic rings. The maximum Gasteiger partial charge on any atom is 0.286 e. The zero-order valence-electron chi connectivity index (χ0n) is 13.3. The Morgan fingerprint density at radius 3 is 2.60 bits per heavy atom. The number of nitrogens with one attached hydrogen (secondary N) is 3. The highest BCUT2D eigenvalue weighted by molar-refractivity contribution is 9.10. The number of nitrogens with zero attached hydrogens (tertiary/aromatic N) is 1. The molecule has 0 saturated heterocycles. The molecule has 0 bridgehead atoms. The number of thiazole rings is 1. The highest BCUT2D eigenvalue weighted by atomic mass is 79.9. The fraction of sp³-hybridized carbons (Fsp3) is 0.118. The highest BCUT2D eigenvalue weighted by Crippen LogP contribution is 2.20. The van der Waals surface area contributed by atoms with Crippen LogP contribution < -0.4 is 10.9 Å². The second-order valence-electron chi connectivity index (χ2n) is 5.32. The maximum absolute atomic E-state index is 12.3. The van der Waals surface area contributed by atoms with E-state index in [1.165, 1.54) is 11.3 Å². The predicted octanol–water partition coefficient (Wildman–Crippen LogP) is 3.21. The molecule has 3 rings (SSSR count). The number of aromatic amines is 1. The van der Waals surface area contributed by atoms with E-state index < -0.39 is 5.91 Å². The minimum absolute atomic E-state index is 0.345. The molecule has 0 unspecified atom stereocenters. The maximum atomic E-state index is 12.3. The Labute approximate surface area is 156 Å². The summed E-state index contributed by atoms with van der Waals surface area (Å²) in [6.07, 6.45) is 2.31. The van der Waals surface area contributed by atoms with Gasteiger partial charge in [-0.3, -0.25) is 20.4 Å². The van der Waals surface area contributed by atoms with E-state index in [1.807, 2.05) is 30.3 Å². The van der Waals surface area contributed by atoms with Crippen molar-refractivity contribution < 1.29 is 9.59 Å². The Morgan fingerprint density at radius 1 is 1.20 bits per heavy atom. The first kappa shape index (κ1) is 17.4. The number of aromatic nitrogens is 2. The van der Waals surface area contributed by atoms with Crippen molar-refractivity contribution in [3.8, 4) is 0 Å². The summed E-state index contributed by atoms with van der Waals surface area (Å²) in [4.78, 5) is 32.0. The standard InChI is InChI=1S/C17H15BrN4O2S/c1-10-15(25-14(20-10)7-11-5-3-2-4-6-11)17(24)22-21-16(23)13-8-12(18)9-19-13/h2-6,8-9,19H,7H2,1H3,(H,21,23)(H,22,24). The van der Waals surface area contributed by atoms with Crippen LogP contribution in [0.25, 0.3) is 0 Å². The summed E-state index contributed by atoms with van der Waals surface area (Å²) in [7, 11) is 0. The zero-order valence-corrected chi connectivity index (χ0v) is 15.7. The van der Waals surface area contributed by atoms with Crippen LogP contribution in [0.5, 0.6) is 0 Å². The molecule has 0 radical (unpaired) electrons. The fourth-order valence-electron chi connectivity index (χ4n) is 2.25. The number of carbonyl (C=O) groups excluding carboxylic acids is 2. The van der Waals surface area contributed by atoms with Crippen molar-refractivity contribution in [2.24, 2.45) is 0 Å². The zero-order chi connectivity index (χ0) is 17.8. The third kappa shape index (κ3) is 4.34. The summed E-state index contributed by atoms with van der Waals surface area (Å²) in [5, 5.41) is 0.855. The first-order chi connectivity index (χ1) is 12.0. The van der Waals surface area contributed by atoms with E-state index in [-0.39, 0.29) is 5.91 Å². The lowest BCUT2D eigenvalue weighted by Crippen LogP contribution is -2.41. The van der Waals surface area contributed by atoms with Crippen molar-refractivity contribution in [1.82, 2.24) is 20.8 Å². The van der Waals surface area contributed by atoms with Crippen LogP contribution in [0.2, 0.25) is 0 Å². The summed E-state index contributed by atoms with van der Waals surface area (Å²) in [6.45, 7) is 1.78. The van der Waals surface area contributed by atoms with Gasteiger partial charge in [0, 0.05) is 17.1 Å². The van der Waals surface area contributed by atoms with Crippen LogP contribution >= 0.6 is 27.3 Å². The van der Waals surface area contributed by atoms with Crippen molar-refractivity contribution >= 4 is 39.1 Å². The van der Waals surface area contributed by atoms with E-state index >= 15 is 0 Å². The molecule has 2 amide bonds. The van der Waals surface area contributed by atoms with E-state index in [9.17, 15) is 9.59 Å². The van der Waals surface area contributed by atoms with Gasteiger partial charge in [-0.15, -0.1) is 11.3 Å². The Bertz CT molecular complexity index is 905. The van der Waals surface area contributed by atoms with Crippen molar-refractivity contribution in [1.29, 1.82) is 0 Å². The summed E-state index contributed by atoms with van der Waals surface area (Å²) in [5.41, 5.74) is 6.93. The molecule has 8 heteroatoms. The number of amides is 2. The molecule has 1 aromatic carbocycles. The van der Waals surface area contributed by atoms with Gasteiger partial charge in [0.25, 0.3) is 11.8 Å². The number of carbonyl (C=O) groups is 2. The van der Waals surface area contributed by atoms with Gasteiger partial charge in [-0.1, -0.05) is 30.3 Å². The van der Waals surface area contributed by atoms with Gasteiger partial charge >= 0.3 is 0 Å². The van der Waals surface area contributed by atoms with E-state index in [2.05, 4.69) is 36.7 Å². The van der Waals surface area contributed by atoms with Crippen LogP contribution in [-0.2, 0) is 6.42 Å². The molecule has 2 heterocycles. The van der Waals surface area contributed by atoms with Gasteiger partial charge in [0.05, 0.1) is 10.7 Å². The van der Waals surface area contributed by atoms with Gasteiger partial charge in [0.2, 0.25) is 0 Å². The summed E-state index contributed by atoms with van der Waals surface area (Å²) in [6, 6.07) is 11.6. The van der Waals surface area contributed by atoms with E-state index in [4.69, 9.17) is 0 Å². The number of hydrogen-bond acceptors (Lipinski definition) is 4. The van der Waals surface area contributed by atoms with Crippen LogP contribution in [-0.4, -0.2) is 21.8 Å². The molecule has 0 spiro atoms. The summed E-state index contributed by atoms with van der Waals surface area (Å²) in [5.74, 6) is -0.806. The van der Waals surface area contributed by atoms with Crippen molar-refractivity contribution in [2.45, 2.75) is 13.3 Å². The summed E-state index contributed by atoms with van der Waals surface area (Å²) >= 11 is 4.58. The number of benzene rings is 1. The van der Waals surface area contributed by atoms with Gasteiger partial charge in [-0.2, -0.15) is 0 Å². The lowest BCUT2D eigenvalue weighted by atomic mass is 10.2. The quantitative estimate of drug-likeness (QED) is 0.568. The molecule has 3 N–H and O–H groups in total. The average Bonchev–Trinajstić information content (AvgIpc) is 3.19. The average molecular weight is 419 g/mol. The van der Waals surface area contributed by atoms with Gasteiger partial charge in [0.1, 0.15) is 10.6 Å². The third-order valence-electron chi connectivity index (χ3n) is 3.43. The largest absolute Gasteiger partial charge is 0.356 e. The van der Waals surface area contributed by atoms with Crippen molar-refractivity contribution in [2.75, 3.05) is 0 Å². The molecule has 0 saturated carbocycles. The Morgan fingerprint density at radius 2 is 1.92 bits per heavy atom. The van der Waals surface area contributed by atoms with E-state index in [0.717, 1.165) is 15.0 Å². The minimum Gasteiger partial charge on any atom is -0.356 e. The lowest BCUT2D eigenvalue weighted by Gasteiger charge is -2.05. The van der Waals surface area contributed by atoms with Crippen molar-refractivity contribution in [3.63, 3.8) is 0 Å². The number of hydrogen-bond donors (Lipinski definition) is 3. The molecule has 0 aliphatic heterocycles. The second kappa shape index (κ2) is 7.62. The third-order valence-corrected chi connectivity index (χ3v) is 5.04. The molecule has 25 heavy (non-hydrogen) atoms. The van der Waals surface area contributed by atoms with Crippen LogP contribution in [0.15, 0.2) is 47.1 Å². The van der Waals surface area contributed by atoms with Crippen LogP contribution in [0.3, 0.4) is 0 Å². The Balaban J connectivity index is 1.63. The van der Waals surface area contributed by atoms with Gasteiger partial charge in [0.15, 0.2) is 0 Å². The number of H-pyrrole nitrogens is 1. The Kier molecular flexibility index (Phi) is 5.30. The van der Waals surface area contributed by atoms with Gasteiger partial charge in [-0.25, -0.2) is 4.98 Å². The molecule has 128 valence electrons. The Hall–Kier alpha value is -2.45. The van der Waals surface area contributed by atoms with Crippen LogP contribution in [0.4, 0.5) is 0 Å². The highest BCUT2D eigenvalue weighted by Gasteiger charge is 2.17. The van der Waals surface area contributed by atoms with Crippen LogP contribution in [0, 0.1) is 6.92 Å². The van der Waals surface area contributed by atoms with Crippen LogP contribution in [0.1, 0.15) is 36.4 Å². The lowest BCUT2D eigenvalue weighted by molar-refractivity contribution is 0.0846. The van der Waals surface area contributed by atoms with Gasteiger partial charge in [-0.05, 0) is 34.5 Å². The topological polar surface area (TPSA) is 86.9 Å². The monoisotopic (exact) mass is 418 g/mol. The summed E-state index contributed by atoms with van der Waals surface area (Å²) < 4.78 is 0.757. The molecular weight excluding hydrogens is 404 g/mol.